The van der Waals surface area contributed by atoms with Crippen LogP contribution in [0.1, 0.15) is 25.3 Å². The third kappa shape index (κ3) is 4.94. The van der Waals surface area contributed by atoms with E-state index in [1.54, 1.807) is 25.3 Å². The normalized spacial score (nSPS) is 20.0. The van der Waals surface area contributed by atoms with Gasteiger partial charge in [0.05, 0.1) is 20.3 Å². The minimum atomic E-state index is -3.75. The van der Waals surface area contributed by atoms with Crippen molar-refractivity contribution in [1.29, 1.82) is 0 Å². The lowest BCUT2D eigenvalue weighted by Crippen LogP contribution is -2.54. The average Bonchev–Trinajstić information content (AvgIpc) is 2.56. The van der Waals surface area contributed by atoms with Crippen molar-refractivity contribution in [2.75, 3.05) is 27.3 Å². The van der Waals surface area contributed by atoms with E-state index in [0.29, 0.717) is 26.0 Å². The quantitative estimate of drug-likeness (QED) is 0.619. The first-order valence-corrected chi connectivity index (χ1v) is 9.93. The molecule has 1 aliphatic carbocycles. The first kappa shape index (κ1) is 20.6. The highest BCUT2D eigenvalue weighted by Gasteiger charge is 2.37. The summed E-state index contributed by atoms with van der Waals surface area (Å²) >= 11 is 0. The van der Waals surface area contributed by atoms with E-state index in [9.17, 15) is 13.2 Å². The van der Waals surface area contributed by atoms with Crippen molar-refractivity contribution in [1.82, 2.24) is 9.62 Å². The zero-order chi connectivity index (χ0) is 19.3. The smallest absolute Gasteiger partial charge is 0.317 e. The summed E-state index contributed by atoms with van der Waals surface area (Å²) in [5.41, 5.74) is 0.735. The summed E-state index contributed by atoms with van der Waals surface area (Å²) in [6.07, 6.45) is 1.17. The Hall–Kier alpha value is -1.68. The van der Waals surface area contributed by atoms with E-state index in [2.05, 4.69) is 4.72 Å². The van der Waals surface area contributed by atoms with Gasteiger partial charge in [0.2, 0.25) is 10.0 Å². The van der Waals surface area contributed by atoms with Gasteiger partial charge in [0.25, 0.3) is 0 Å². The van der Waals surface area contributed by atoms with Crippen molar-refractivity contribution in [2.24, 2.45) is 0 Å². The lowest BCUT2D eigenvalue weighted by Gasteiger charge is -2.42. The second-order valence-electron chi connectivity index (χ2n) is 6.32. The molecule has 8 nitrogen and oxygen atoms in total. The molecule has 1 fully saturated rings. The van der Waals surface area contributed by atoms with Crippen LogP contribution >= 0.6 is 0 Å². The maximum atomic E-state index is 12.8. The van der Waals surface area contributed by atoms with Gasteiger partial charge >= 0.3 is 5.97 Å². The summed E-state index contributed by atoms with van der Waals surface area (Å²) in [7, 11) is -0.779. The van der Waals surface area contributed by atoms with Gasteiger partial charge in [0.15, 0.2) is 0 Å². The topological polar surface area (TPSA) is 105 Å². The molecular formula is C17H26N2O6S. The highest BCUT2D eigenvalue weighted by Crippen LogP contribution is 2.30. The predicted octanol–water partition coefficient (Wildman–Crippen LogP) is 1.06. The monoisotopic (exact) mass is 386 g/mol. The van der Waals surface area contributed by atoms with Crippen molar-refractivity contribution >= 4 is 16.0 Å². The lowest BCUT2D eigenvalue weighted by atomic mass is 9.86. The van der Waals surface area contributed by atoms with E-state index in [-0.39, 0.29) is 29.3 Å². The number of ether oxygens (including phenoxy) is 2. The SMILES string of the molecule is CCN(CC(=O)O)C1CC(NS(=O)(=O)c2cc(COC)ccc2OC)C1. The average molecular weight is 386 g/mol. The van der Waals surface area contributed by atoms with Crippen LogP contribution in [0.5, 0.6) is 5.75 Å². The number of carboxylic acid groups (broad SMARTS) is 1. The molecule has 0 aromatic heterocycles. The van der Waals surface area contributed by atoms with Crippen LogP contribution in [0.4, 0.5) is 0 Å². The molecule has 0 heterocycles. The summed E-state index contributed by atoms with van der Waals surface area (Å²) in [6.45, 7) is 2.78. The molecule has 0 saturated heterocycles. The molecule has 2 N–H and O–H groups in total. The molecule has 0 bridgehead atoms. The number of aliphatic carboxylic acids is 1. The summed E-state index contributed by atoms with van der Waals surface area (Å²) in [5, 5.41) is 8.93. The second kappa shape index (κ2) is 8.81. The minimum absolute atomic E-state index is 0.0342. The van der Waals surface area contributed by atoms with Gasteiger partial charge in [-0.2, -0.15) is 0 Å². The number of hydrogen-bond donors (Lipinski definition) is 2. The number of likely N-dealkylation sites (N-methyl/N-ethyl adjacent to an activating group) is 1. The van der Waals surface area contributed by atoms with Crippen LogP contribution in [0, 0.1) is 0 Å². The van der Waals surface area contributed by atoms with Crippen LogP contribution in [-0.4, -0.2) is 63.8 Å². The molecule has 1 saturated carbocycles. The Labute approximate surface area is 154 Å². The zero-order valence-corrected chi connectivity index (χ0v) is 16.1. The maximum Gasteiger partial charge on any atom is 0.317 e. The van der Waals surface area contributed by atoms with Gasteiger partial charge in [-0.3, -0.25) is 9.69 Å². The molecule has 146 valence electrons. The van der Waals surface area contributed by atoms with Crippen molar-refractivity contribution in [3.05, 3.63) is 23.8 Å². The van der Waals surface area contributed by atoms with Crippen LogP contribution in [0.3, 0.4) is 0 Å². The molecule has 26 heavy (non-hydrogen) atoms. The fourth-order valence-electron chi connectivity index (χ4n) is 3.13. The van der Waals surface area contributed by atoms with Gasteiger partial charge in [0, 0.05) is 19.2 Å². The van der Waals surface area contributed by atoms with E-state index in [1.165, 1.54) is 7.11 Å². The van der Waals surface area contributed by atoms with Gasteiger partial charge in [-0.1, -0.05) is 13.0 Å². The van der Waals surface area contributed by atoms with Gasteiger partial charge in [0.1, 0.15) is 10.6 Å². The number of rotatable bonds is 10. The van der Waals surface area contributed by atoms with E-state index in [0.717, 1.165) is 5.56 Å². The van der Waals surface area contributed by atoms with Gasteiger partial charge < -0.3 is 14.6 Å². The minimum Gasteiger partial charge on any atom is -0.495 e. The molecule has 1 aliphatic rings. The van der Waals surface area contributed by atoms with Crippen LogP contribution in [-0.2, 0) is 26.2 Å². The number of nitrogens with zero attached hydrogens (tertiary/aromatic N) is 1. The molecule has 0 atom stereocenters. The zero-order valence-electron chi connectivity index (χ0n) is 15.3. The van der Waals surface area contributed by atoms with Gasteiger partial charge in [-0.15, -0.1) is 0 Å². The highest BCUT2D eigenvalue weighted by molar-refractivity contribution is 7.89. The lowest BCUT2D eigenvalue weighted by molar-refractivity contribution is -0.139. The maximum absolute atomic E-state index is 12.8. The van der Waals surface area contributed by atoms with Gasteiger partial charge in [-0.25, -0.2) is 13.1 Å². The summed E-state index contributed by atoms with van der Waals surface area (Å²) in [4.78, 5) is 12.8. The van der Waals surface area contributed by atoms with Crippen LogP contribution in [0.15, 0.2) is 23.1 Å². The molecule has 0 radical (unpaired) electrons. The Morgan fingerprint density at radius 1 is 1.35 bits per heavy atom. The Balaban J connectivity index is 2.06. The third-order valence-electron chi connectivity index (χ3n) is 4.52. The molecule has 0 aliphatic heterocycles. The predicted molar refractivity (Wildman–Crippen MR) is 95.7 cm³/mol. The Morgan fingerprint density at radius 3 is 2.58 bits per heavy atom. The summed E-state index contributed by atoms with van der Waals surface area (Å²) < 4.78 is 38.4. The number of benzene rings is 1. The molecule has 0 amide bonds. The van der Waals surface area contributed by atoms with Crippen molar-refractivity contribution in [3.8, 4) is 5.75 Å². The Bertz CT molecular complexity index is 731. The van der Waals surface area contributed by atoms with E-state index in [4.69, 9.17) is 14.6 Å². The largest absolute Gasteiger partial charge is 0.495 e. The van der Waals surface area contributed by atoms with Crippen molar-refractivity contribution in [2.45, 2.75) is 43.4 Å². The second-order valence-corrected chi connectivity index (χ2v) is 8.00. The van der Waals surface area contributed by atoms with Crippen molar-refractivity contribution < 1.29 is 27.8 Å². The first-order chi connectivity index (χ1) is 12.3. The molecular weight excluding hydrogens is 360 g/mol. The number of carbonyl (C=O) groups is 1. The molecule has 1 aromatic carbocycles. The van der Waals surface area contributed by atoms with Crippen LogP contribution in [0.25, 0.3) is 0 Å². The third-order valence-corrected chi connectivity index (χ3v) is 6.07. The fraction of sp³-hybridized carbons (Fsp3) is 0.588. The number of methoxy groups -OCH3 is 2. The highest BCUT2D eigenvalue weighted by atomic mass is 32.2. The first-order valence-electron chi connectivity index (χ1n) is 8.44. The summed E-state index contributed by atoms with van der Waals surface area (Å²) in [5.74, 6) is -0.607. The molecule has 9 heteroatoms. The van der Waals surface area contributed by atoms with E-state index < -0.39 is 16.0 Å². The number of sulfonamides is 1. The van der Waals surface area contributed by atoms with E-state index in [1.807, 2.05) is 11.8 Å². The number of nitrogens with one attached hydrogen (secondary N) is 1. The van der Waals surface area contributed by atoms with Gasteiger partial charge in [-0.05, 0) is 37.1 Å². The van der Waals surface area contributed by atoms with Crippen molar-refractivity contribution in [3.63, 3.8) is 0 Å². The number of carboxylic acids is 1. The summed E-state index contributed by atoms with van der Waals surface area (Å²) in [6, 6.07) is 4.77. The van der Waals surface area contributed by atoms with Crippen LogP contribution in [0.2, 0.25) is 0 Å². The Morgan fingerprint density at radius 2 is 2.04 bits per heavy atom. The Kier molecular flexibility index (Phi) is 6.99. The molecule has 0 spiro atoms. The fourth-order valence-corrected chi connectivity index (χ4v) is 4.61. The van der Waals surface area contributed by atoms with Crippen LogP contribution < -0.4 is 9.46 Å². The molecule has 2 rings (SSSR count). The van der Waals surface area contributed by atoms with E-state index >= 15 is 0 Å². The standard InChI is InChI=1S/C17H26N2O6S/c1-4-19(10-17(20)21)14-8-13(9-14)18-26(22,23)16-7-12(11-24-2)5-6-15(16)25-3/h5-7,13-14,18H,4,8-11H2,1-3H3,(H,20,21). The number of hydrogen-bond acceptors (Lipinski definition) is 6. The molecule has 1 aromatic rings. The molecule has 0 unspecified atom stereocenters.